The number of hydrogen-bond donors (Lipinski definition) is 4. The second-order valence-corrected chi connectivity index (χ2v) is 6.56. The molecule has 10 heteroatoms. The smallest absolute Gasteiger partial charge is 0.326 e. The lowest BCUT2D eigenvalue weighted by molar-refractivity contribution is -0.139. The van der Waals surface area contributed by atoms with Crippen LogP contribution in [0.4, 0.5) is 4.79 Å². The molecule has 1 atom stereocenters. The van der Waals surface area contributed by atoms with Crippen molar-refractivity contribution < 1.29 is 23.1 Å². The Morgan fingerprint density at radius 3 is 2.42 bits per heavy atom. The second kappa shape index (κ2) is 8.99. The molecule has 0 aliphatic rings. The van der Waals surface area contributed by atoms with Crippen molar-refractivity contribution in [1.29, 1.82) is 0 Å². The van der Waals surface area contributed by atoms with Gasteiger partial charge in [0.25, 0.3) is 0 Å². The highest BCUT2D eigenvalue weighted by atomic mass is 32.2. The number of thioether (sulfide) groups is 1. The molecule has 0 aromatic heterocycles. The third-order valence-electron chi connectivity index (χ3n) is 1.99. The zero-order valence-corrected chi connectivity index (χ0v) is 12.4. The molecule has 4 N–H and O–H groups in total. The highest BCUT2D eigenvalue weighted by molar-refractivity contribution is 7.98. The van der Waals surface area contributed by atoms with Crippen LogP contribution in [0.25, 0.3) is 0 Å². The van der Waals surface area contributed by atoms with Gasteiger partial charge in [0.1, 0.15) is 6.04 Å². The minimum absolute atomic E-state index is 0.0504. The fourth-order valence-corrected chi connectivity index (χ4v) is 2.06. The van der Waals surface area contributed by atoms with E-state index in [2.05, 4.69) is 15.4 Å². The van der Waals surface area contributed by atoms with Gasteiger partial charge in [-0.05, 0) is 18.4 Å². The molecule has 112 valence electrons. The molecule has 8 nitrogen and oxygen atoms in total. The summed E-state index contributed by atoms with van der Waals surface area (Å²) < 4.78 is 23.7. The third-order valence-corrected chi connectivity index (χ3v) is 3.36. The van der Waals surface area contributed by atoms with E-state index in [1.165, 1.54) is 11.8 Å². The van der Waals surface area contributed by atoms with Gasteiger partial charge in [0.05, 0.1) is 6.26 Å². The molecule has 0 saturated heterocycles. The van der Waals surface area contributed by atoms with E-state index in [1.54, 1.807) is 0 Å². The molecule has 0 radical (unpaired) electrons. The maximum atomic E-state index is 11.4. The second-order valence-electron chi connectivity index (χ2n) is 3.74. The number of rotatable bonds is 9. The van der Waals surface area contributed by atoms with Crippen LogP contribution in [0.1, 0.15) is 6.42 Å². The quantitative estimate of drug-likeness (QED) is 0.406. The van der Waals surface area contributed by atoms with Crippen molar-refractivity contribution in [2.45, 2.75) is 12.5 Å². The Bertz CT molecular complexity index is 399. The van der Waals surface area contributed by atoms with Gasteiger partial charge in [0, 0.05) is 13.1 Å². The van der Waals surface area contributed by atoms with Gasteiger partial charge in [0.15, 0.2) is 0 Å². The Labute approximate surface area is 116 Å². The molecule has 0 rings (SSSR count). The van der Waals surface area contributed by atoms with E-state index in [0.29, 0.717) is 12.2 Å². The lowest BCUT2D eigenvalue weighted by Gasteiger charge is -2.14. The van der Waals surface area contributed by atoms with Crippen molar-refractivity contribution in [3.63, 3.8) is 0 Å². The van der Waals surface area contributed by atoms with Crippen molar-refractivity contribution in [2.75, 3.05) is 31.4 Å². The van der Waals surface area contributed by atoms with Crippen molar-refractivity contribution >= 4 is 33.8 Å². The topological polar surface area (TPSA) is 125 Å². The summed E-state index contributed by atoms with van der Waals surface area (Å²) >= 11 is 1.49. The molecule has 0 bridgehead atoms. The van der Waals surface area contributed by atoms with Gasteiger partial charge in [-0.25, -0.2) is 22.7 Å². The van der Waals surface area contributed by atoms with Crippen LogP contribution < -0.4 is 15.4 Å². The van der Waals surface area contributed by atoms with Gasteiger partial charge >= 0.3 is 12.0 Å². The Balaban J connectivity index is 3.96. The number of carboxylic acids is 1. The predicted octanol–water partition coefficient (Wildman–Crippen LogP) is -0.959. The van der Waals surface area contributed by atoms with Gasteiger partial charge in [-0.2, -0.15) is 11.8 Å². The van der Waals surface area contributed by atoms with Crippen molar-refractivity contribution in [3.8, 4) is 0 Å². The van der Waals surface area contributed by atoms with Crippen LogP contribution in [-0.2, 0) is 14.8 Å². The molecular weight excluding hydrogens is 294 g/mol. The molecule has 2 amide bonds. The van der Waals surface area contributed by atoms with Crippen LogP contribution in [-0.4, -0.2) is 62.9 Å². The molecule has 0 spiro atoms. The molecule has 0 aliphatic carbocycles. The van der Waals surface area contributed by atoms with Crippen LogP contribution in [0.5, 0.6) is 0 Å². The fourth-order valence-electron chi connectivity index (χ4n) is 1.11. The molecule has 0 aromatic carbocycles. The van der Waals surface area contributed by atoms with E-state index in [4.69, 9.17) is 5.11 Å². The van der Waals surface area contributed by atoms with Crippen LogP contribution in [0.2, 0.25) is 0 Å². The van der Waals surface area contributed by atoms with Gasteiger partial charge in [-0.3, -0.25) is 0 Å². The average Bonchev–Trinajstić information content (AvgIpc) is 2.28. The van der Waals surface area contributed by atoms with Crippen LogP contribution in [0, 0.1) is 0 Å². The summed E-state index contributed by atoms with van der Waals surface area (Å²) in [5, 5.41) is 13.6. The first-order chi connectivity index (χ1) is 8.76. The molecule has 0 aromatic rings. The van der Waals surface area contributed by atoms with E-state index in [0.717, 1.165) is 6.26 Å². The van der Waals surface area contributed by atoms with E-state index < -0.39 is 28.1 Å². The summed E-state index contributed by atoms with van der Waals surface area (Å²) in [5.74, 6) is -0.481. The maximum absolute atomic E-state index is 11.4. The number of sulfonamides is 1. The van der Waals surface area contributed by atoms with Crippen molar-refractivity contribution in [1.82, 2.24) is 15.4 Å². The minimum Gasteiger partial charge on any atom is -0.480 e. The molecule has 0 saturated carbocycles. The van der Waals surface area contributed by atoms with E-state index >= 15 is 0 Å². The Morgan fingerprint density at radius 1 is 1.32 bits per heavy atom. The van der Waals surface area contributed by atoms with E-state index in [9.17, 15) is 18.0 Å². The number of hydrogen-bond acceptors (Lipinski definition) is 5. The summed E-state index contributed by atoms with van der Waals surface area (Å²) in [6.07, 6.45) is 3.18. The summed E-state index contributed by atoms with van der Waals surface area (Å²) in [7, 11) is -3.29. The molecule has 19 heavy (non-hydrogen) atoms. The maximum Gasteiger partial charge on any atom is 0.326 e. The lowest BCUT2D eigenvalue weighted by atomic mass is 10.2. The van der Waals surface area contributed by atoms with Gasteiger partial charge < -0.3 is 15.7 Å². The zero-order chi connectivity index (χ0) is 14.9. The van der Waals surface area contributed by atoms with Crippen LogP contribution >= 0.6 is 11.8 Å². The fraction of sp³-hybridized carbons (Fsp3) is 0.778. The summed E-state index contributed by atoms with van der Waals surface area (Å²) in [6.45, 7) is 0.128. The SMILES string of the molecule is CSCCC(NC(=O)NCCNS(C)(=O)=O)C(=O)O. The number of amides is 2. The first-order valence-electron chi connectivity index (χ1n) is 5.47. The Morgan fingerprint density at radius 2 is 1.95 bits per heavy atom. The van der Waals surface area contributed by atoms with Gasteiger partial charge in [-0.15, -0.1) is 0 Å². The summed E-state index contributed by atoms with van der Waals surface area (Å²) in [5.41, 5.74) is 0. The third kappa shape index (κ3) is 10.6. The van der Waals surface area contributed by atoms with E-state index in [1.807, 2.05) is 6.26 Å². The van der Waals surface area contributed by atoms with Gasteiger partial charge in [0.2, 0.25) is 10.0 Å². The first kappa shape index (κ1) is 18.0. The number of urea groups is 1. The zero-order valence-electron chi connectivity index (χ0n) is 10.8. The predicted molar refractivity (Wildman–Crippen MR) is 73.8 cm³/mol. The standard InChI is InChI=1S/C9H19N3O5S2/c1-18-6-3-7(8(13)14)12-9(15)10-4-5-11-19(2,16)17/h7,11H,3-6H2,1-2H3,(H,13,14)(H2,10,12,15). The number of carboxylic acid groups (broad SMARTS) is 1. The van der Waals surface area contributed by atoms with Crippen LogP contribution in [0.3, 0.4) is 0 Å². The number of aliphatic carboxylic acids is 1. The number of carbonyl (C=O) groups excluding carboxylic acids is 1. The lowest BCUT2D eigenvalue weighted by Crippen LogP contribution is -2.47. The largest absolute Gasteiger partial charge is 0.480 e. The highest BCUT2D eigenvalue weighted by Crippen LogP contribution is 2.00. The molecular formula is C9H19N3O5S2. The van der Waals surface area contributed by atoms with Crippen LogP contribution in [0.15, 0.2) is 0 Å². The van der Waals surface area contributed by atoms with Crippen molar-refractivity contribution in [2.24, 2.45) is 0 Å². The Hall–Kier alpha value is -1.00. The molecule has 0 aliphatic heterocycles. The van der Waals surface area contributed by atoms with Crippen molar-refractivity contribution in [3.05, 3.63) is 0 Å². The molecule has 1 unspecified atom stereocenters. The average molecular weight is 313 g/mol. The first-order valence-corrected chi connectivity index (χ1v) is 8.75. The molecule has 0 heterocycles. The number of carbonyl (C=O) groups is 2. The molecule has 0 fully saturated rings. The highest BCUT2D eigenvalue weighted by Gasteiger charge is 2.18. The summed E-state index contributed by atoms with van der Waals surface area (Å²) in [6, 6.07) is -1.58. The normalized spacial score (nSPS) is 12.7. The van der Waals surface area contributed by atoms with E-state index in [-0.39, 0.29) is 13.1 Å². The summed E-state index contributed by atoms with van der Waals surface area (Å²) in [4.78, 5) is 22.2. The van der Waals surface area contributed by atoms with Gasteiger partial charge in [-0.1, -0.05) is 0 Å². The Kier molecular flexibility index (Phi) is 8.52. The minimum atomic E-state index is -3.29. The monoisotopic (exact) mass is 313 g/mol. The number of nitrogens with one attached hydrogen (secondary N) is 3.